The van der Waals surface area contributed by atoms with Crippen LogP contribution in [0.3, 0.4) is 0 Å². The molecule has 1 aromatic heterocycles. The summed E-state index contributed by atoms with van der Waals surface area (Å²) in [5.41, 5.74) is 13.0. The van der Waals surface area contributed by atoms with Crippen molar-refractivity contribution in [2.24, 2.45) is 11.5 Å². The van der Waals surface area contributed by atoms with E-state index >= 15 is 0 Å². The van der Waals surface area contributed by atoms with Crippen LogP contribution in [-0.4, -0.2) is 57.5 Å². The molecule has 3 unspecified atom stereocenters. The van der Waals surface area contributed by atoms with E-state index in [-0.39, 0.29) is 12.8 Å². The van der Waals surface area contributed by atoms with E-state index in [2.05, 4.69) is 20.6 Å². The number of H-pyrrole nitrogens is 1. The van der Waals surface area contributed by atoms with Gasteiger partial charge in [0.2, 0.25) is 11.8 Å². The monoisotopic (exact) mass is 430 g/mol. The summed E-state index contributed by atoms with van der Waals surface area (Å²) in [7, 11) is 0. The lowest BCUT2D eigenvalue weighted by Crippen LogP contribution is -2.55. The van der Waals surface area contributed by atoms with Gasteiger partial charge in [-0.1, -0.05) is 30.3 Å². The van der Waals surface area contributed by atoms with Crippen LogP contribution in [0.1, 0.15) is 30.5 Å². The fraction of sp³-hybridized carbons (Fsp3) is 0.429. The van der Waals surface area contributed by atoms with E-state index in [1.54, 1.807) is 0 Å². The number of imidazole rings is 1. The summed E-state index contributed by atoms with van der Waals surface area (Å²) < 4.78 is 0. The number of carboxylic acid groups (broad SMARTS) is 1. The van der Waals surface area contributed by atoms with Crippen molar-refractivity contribution in [3.8, 4) is 0 Å². The van der Waals surface area contributed by atoms with Gasteiger partial charge < -0.3 is 32.2 Å². The van der Waals surface area contributed by atoms with E-state index in [0.717, 1.165) is 5.56 Å². The Morgan fingerprint density at radius 1 is 1.03 bits per heavy atom. The van der Waals surface area contributed by atoms with Gasteiger partial charge >= 0.3 is 5.97 Å². The molecule has 10 heteroatoms. The van der Waals surface area contributed by atoms with Crippen molar-refractivity contribution < 1.29 is 19.5 Å². The third-order valence-electron chi connectivity index (χ3n) is 4.81. The first-order valence-electron chi connectivity index (χ1n) is 10.2. The summed E-state index contributed by atoms with van der Waals surface area (Å²) in [5, 5.41) is 14.6. The van der Waals surface area contributed by atoms with E-state index in [0.29, 0.717) is 31.5 Å². The number of unbranched alkanes of at least 4 members (excludes halogenated alkanes) is 1. The zero-order valence-corrected chi connectivity index (χ0v) is 17.3. The molecular formula is C21H30N6O4. The van der Waals surface area contributed by atoms with Crippen molar-refractivity contribution in [1.29, 1.82) is 0 Å². The average molecular weight is 431 g/mol. The van der Waals surface area contributed by atoms with Crippen molar-refractivity contribution in [3.05, 3.63) is 54.1 Å². The second-order valence-corrected chi connectivity index (χ2v) is 7.32. The number of aliphatic carboxylic acids is 1. The number of nitrogens with zero attached hydrogens (tertiary/aromatic N) is 1. The number of nitrogens with one attached hydrogen (secondary N) is 3. The molecular weight excluding hydrogens is 400 g/mol. The van der Waals surface area contributed by atoms with Crippen LogP contribution >= 0.6 is 0 Å². The molecule has 0 saturated heterocycles. The number of hydrogen-bond acceptors (Lipinski definition) is 6. The molecule has 8 N–H and O–H groups in total. The molecule has 0 aliphatic heterocycles. The molecule has 0 aliphatic rings. The number of benzene rings is 1. The van der Waals surface area contributed by atoms with E-state index in [9.17, 15) is 19.5 Å². The van der Waals surface area contributed by atoms with Gasteiger partial charge in [0.25, 0.3) is 0 Å². The van der Waals surface area contributed by atoms with Crippen molar-refractivity contribution in [2.75, 3.05) is 6.54 Å². The number of aromatic nitrogens is 2. The highest BCUT2D eigenvalue weighted by Gasteiger charge is 2.28. The minimum absolute atomic E-state index is 0.116. The van der Waals surface area contributed by atoms with Gasteiger partial charge in [-0.05, 0) is 37.8 Å². The number of carboxylic acids is 1. The first kappa shape index (κ1) is 24.0. The van der Waals surface area contributed by atoms with Crippen LogP contribution in [0.15, 0.2) is 42.9 Å². The number of aromatic amines is 1. The maximum atomic E-state index is 12.8. The van der Waals surface area contributed by atoms with Crippen molar-refractivity contribution in [1.82, 2.24) is 20.6 Å². The van der Waals surface area contributed by atoms with Gasteiger partial charge in [0.05, 0.1) is 12.4 Å². The first-order valence-corrected chi connectivity index (χ1v) is 10.2. The van der Waals surface area contributed by atoms with Crippen molar-refractivity contribution >= 4 is 17.8 Å². The molecule has 2 amide bonds. The largest absolute Gasteiger partial charge is 0.480 e. The van der Waals surface area contributed by atoms with Gasteiger partial charge in [0.1, 0.15) is 12.1 Å². The van der Waals surface area contributed by atoms with Gasteiger partial charge in [0, 0.05) is 18.3 Å². The molecule has 0 radical (unpaired) electrons. The third-order valence-corrected chi connectivity index (χ3v) is 4.81. The molecule has 0 saturated carbocycles. The van der Waals surface area contributed by atoms with Crippen molar-refractivity contribution in [3.63, 3.8) is 0 Å². The van der Waals surface area contributed by atoms with Gasteiger partial charge in [-0.2, -0.15) is 0 Å². The molecule has 168 valence electrons. The van der Waals surface area contributed by atoms with Crippen LogP contribution in [0, 0.1) is 0 Å². The highest BCUT2D eigenvalue weighted by molar-refractivity contribution is 5.92. The first-order chi connectivity index (χ1) is 14.9. The number of hydrogen-bond donors (Lipinski definition) is 6. The standard InChI is InChI=1S/C21H30N6O4/c22-9-5-4-8-17(21(30)31)26-20(29)18(11-15-12-24-13-25-15)27-19(28)16(23)10-14-6-2-1-3-7-14/h1-3,6-7,12-13,16-18H,4-5,8-11,22-23H2,(H,24,25)(H,26,29)(H,27,28)(H,30,31). The predicted molar refractivity (Wildman–Crippen MR) is 115 cm³/mol. The second kappa shape index (κ2) is 12.5. The number of rotatable bonds is 13. The average Bonchev–Trinajstić information content (AvgIpc) is 3.26. The smallest absolute Gasteiger partial charge is 0.326 e. The summed E-state index contributed by atoms with van der Waals surface area (Å²) in [4.78, 5) is 43.8. The molecule has 0 aliphatic carbocycles. The van der Waals surface area contributed by atoms with Gasteiger partial charge in [-0.3, -0.25) is 9.59 Å². The molecule has 0 fully saturated rings. The summed E-state index contributed by atoms with van der Waals surface area (Å²) in [6.45, 7) is 0.443. The molecule has 2 aromatic rings. The number of carbonyl (C=O) groups excluding carboxylic acids is 2. The summed E-state index contributed by atoms with van der Waals surface area (Å²) >= 11 is 0. The lowest BCUT2D eigenvalue weighted by atomic mass is 10.0. The highest BCUT2D eigenvalue weighted by atomic mass is 16.4. The van der Waals surface area contributed by atoms with Crippen molar-refractivity contribution in [2.45, 2.75) is 50.2 Å². The van der Waals surface area contributed by atoms with Gasteiger partial charge in [-0.25, -0.2) is 9.78 Å². The van der Waals surface area contributed by atoms with Crippen LogP contribution in [0.4, 0.5) is 0 Å². The van der Waals surface area contributed by atoms with E-state index < -0.39 is 35.9 Å². The summed E-state index contributed by atoms with van der Waals surface area (Å²) in [6, 6.07) is 6.35. The Bertz CT molecular complexity index is 828. The molecule has 3 atom stereocenters. The molecule has 1 heterocycles. The Hall–Kier alpha value is -3.24. The fourth-order valence-corrected chi connectivity index (χ4v) is 3.09. The minimum Gasteiger partial charge on any atom is -0.480 e. The van der Waals surface area contributed by atoms with Crippen LogP contribution < -0.4 is 22.1 Å². The third kappa shape index (κ3) is 8.19. The predicted octanol–water partition coefficient (Wildman–Crippen LogP) is -0.295. The van der Waals surface area contributed by atoms with Gasteiger partial charge in [0.15, 0.2) is 0 Å². The Labute approximate surface area is 180 Å². The summed E-state index contributed by atoms with van der Waals surface area (Å²) in [6.07, 6.45) is 4.88. The molecule has 31 heavy (non-hydrogen) atoms. The second-order valence-electron chi connectivity index (χ2n) is 7.32. The Balaban J connectivity index is 2.05. The van der Waals surface area contributed by atoms with Crippen LogP contribution in [-0.2, 0) is 27.2 Å². The van der Waals surface area contributed by atoms with Crippen LogP contribution in [0.2, 0.25) is 0 Å². The quantitative estimate of drug-likeness (QED) is 0.236. The molecule has 0 spiro atoms. The SMILES string of the molecule is NCCCCC(NC(=O)C(Cc1cnc[nH]1)NC(=O)C(N)Cc1ccccc1)C(=O)O. The molecule has 2 rings (SSSR count). The lowest BCUT2D eigenvalue weighted by molar-refractivity contribution is -0.142. The summed E-state index contributed by atoms with van der Waals surface area (Å²) in [5.74, 6) is -2.24. The lowest BCUT2D eigenvalue weighted by Gasteiger charge is -2.22. The highest BCUT2D eigenvalue weighted by Crippen LogP contribution is 2.06. The van der Waals surface area contributed by atoms with E-state index in [1.807, 2.05) is 30.3 Å². The topological polar surface area (TPSA) is 176 Å². The maximum absolute atomic E-state index is 12.8. The fourth-order valence-electron chi connectivity index (χ4n) is 3.09. The van der Waals surface area contributed by atoms with Gasteiger partial charge in [-0.15, -0.1) is 0 Å². The van der Waals surface area contributed by atoms with Crippen LogP contribution in [0.5, 0.6) is 0 Å². The zero-order valence-electron chi connectivity index (χ0n) is 17.3. The minimum atomic E-state index is -1.14. The number of nitrogens with two attached hydrogens (primary N) is 2. The normalized spacial score (nSPS) is 13.7. The maximum Gasteiger partial charge on any atom is 0.326 e. The molecule has 1 aromatic carbocycles. The van der Waals surface area contributed by atoms with E-state index in [1.165, 1.54) is 12.5 Å². The molecule has 0 bridgehead atoms. The number of amides is 2. The zero-order chi connectivity index (χ0) is 22.6. The Morgan fingerprint density at radius 2 is 1.74 bits per heavy atom. The molecule has 10 nitrogen and oxygen atoms in total. The number of carbonyl (C=O) groups is 3. The van der Waals surface area contributed by atoms with E-state index in [4.69, 9.17) is 11.5 Å². The van der Waals surface area contributed by atoms with Crippen LogP contribution in [0.25, 0.3) is 0 Å². The Kier molecular flexibility index (Phi) is 9.66. The Morgan fingerprint density at radius 3 is 2.35 bits per heavy atom.